The average Bonchev–Trinajstić information content (AvgIpc) is 2.83. The molecule has 0 radical (unpaired) electrons. The number of piperazine rings is 1. The molecule has 35 heavy (non-hydrogen) atoms. The Kier molecular flexibility index (Phi) is 7.08. The summed E-state index contributed by atoms with van der Waals surface area (Å²) in [4.78, 5) is 19.3. The molecule has 0 bridgehead atoms. The van der Waals surface area contributed by atoms with Crippen molar-refractivity contribution < 1.29 is 13.2 Å². The van der Waals surface area contributed by atoms with Crippen molar-refractivity contribution in [2.24, 2.45) is 0 Å². The first kappa shape index (κ1) is 24.7. The Balaban J connectivity index is 1.54. The molecule has 2 aromatic heterocycles. The molecule has 8 nitrogen and oxygen atoms in total. The van der Waals surface area contributed by atoms with E-state index in [2.05, 4.69) is 24.8 Å². The van der Waals surface area contributed by atoms with E-state index in [1.54, 1.807) is 24.4 Å². The first-order chi connectivity index (χ1) is 16.6. The number of hydrogen-bond acceptors (Lipinski definition) is 8. The van der Waals surface area contributed by atoms with Gasteiger partial charge in [-0.05, 0) is 43.9 Å². The SMILES string of the molecule is CN(C)CC(c1ccc(C(F)(F)F)cc1)N1CCN(c2ncnc(N)c2-c2ccc(N)nc2)CC1. The fourth-order valence-electron chi connectivity index (χ4n) is 4.38. The average molecular weight is 487 g/mol. The van der Waals surface area contributed by atoms with Gasteiger partial charge in [0.25, 0.3) is 0 Å². The number of anilines is 3. The van der Waals surface area contributed by atoms with E-state index in [1.165, 1.54) is 6.33 Å². The summed E-state index contributed by atoms with van der Waals surface area (Å²) < 4.78 is 39.1. The fourth-order valence-corrected chi connectivity index (χ4v) is 4.38. The number of nitrogens with two attached hydrogens (primary N) is 2. The molecule has 4 N–H and O–H groups in total. The van der Waals surface area contributed by atoms with Crippen molar-refractivity contribution in [2.75, 3.05) is 63.2 Å². The molecule has 1 fully saturated rings. The maximum absolute atomic E-state index is 13.0. The third kappa shape index (κ3) is 5.63. The molecule has 1 atom stereocenters. The molecular formula is C24H29F3N8. The van der Waals surface area contributed by atoms with Crippen LogP contribution in [0.3, 0.4) is 0 Å². The summed E-state index contributed by atoms with van der Waals surface area (Å²) in [7, 11) is 3.92. The van der Waals surface area contributed by atoms with Gasteiger partial charge in [-0.15, -0.1) is 0 Å². The van der Waals surface area contributed by atoms with Crippen molar-refractivity contribution in [1.82, 2.24) is 24.8 Å². The van der Waals surface area contributed by atoms with Gasteiger partial charge in [-0.2, -0.15) is 13.2 Å². The Bertz CT molecular complexity index is 1130. The van der Waals surface area contributed by atoms with E-state index >= 15 is 0 Å². The van der Waals surface area contributed by atoms with E-state index in [0.29, 0.717) is 49.9 Å². The number of nitrogens with zero attached hydrogens (tertiary/aromatic N) is 6. The predicted octanol–water partition coefficient (Wildman–Crippen LogP) is 3.15. The second-order valence-corrected chi connectivity index (χ2v) is 8.85. The molecule has 1 unspecified atom stereocenters. The van der Waals surface area contributed by atoms with Crippen LogP contribution in [0.1, 0.15) is 17.2 Å². The highest BCUT2D eigenvalue weighted by atomic mass is 19.4. The molecule has 4 rings (SSSR count). The minimum absolute atomic E-state index is 0.0364. The fraction of sp³-hybridized carbons (Fsp3) is 0.375. The van der Waals surface area contributed by atoms with Crippen molar-refractivity contribution in [3.8, 4) is 11.1 Å². The van der Waals surface area contributed by atoms with Gasteiger partial charge >= 0.3 is 6.18 Å². The number of benzene rings is 1. The molecule has 1 aliphatic heterocycles. The van der Waals surface area contributed by atoms with Crippen LogP contribution in [0.15, 0.2) is 48.9 Å². The van der Waals surface area contributed by atoms with Gasteiger partial charge in [-0.1, -0.05) is 12.1 Å². The third-order valence-electron chi connectivity index (χ3n) is 6.15. The number of nitrogen functional groups attached to an aromatic ring is 2. The topological polar surface area (TPSA) is 100 Å². The van der Waals surface area contributed by atoms with Gasteiger partial charge in [0.1, 0.15) is 23.8 Å². The Morgan fingerprint density at radius 2 is 1.63 bits per heavy atom. The zero-order valence-electron chi connectivity index (χ0n) is 19.7. The molecule has 3 heterocycles. The number of hydrogen-bond donors (Lipinski definition) is 2. The Hall–Kier alpha value is -3.44. The van der Waals surface area contributed by atoms with Crippen molar-refractivity contribution in [3.05, 3.63) is 60.0 Å². The van der Waals surface area contributed by atoms with E-state index in [-0.39, 0.29) is 6.04 Å². The van der Waals surface area contributed by atoms with Crippen LogP contribution < -0.4 is 16.4 Å². The standard InChI is InChI=1S/C24H29F3N8/c1-33(2)14-19(16-3-6-18(7-4-16)24(25,26)27)34-9-11-35(12-10-34)23-21(22(29)31-15-32-23)17-5-8-20(28)30-13-17/h3-8,13,15,19H,9-12,14H2,1-2H3,(H2,28,30)(H2,29,31,32). The highest BCUT2D eigenvalue weighted by Gasteiger charge is 2.32. The molecule has 1 aliphatic rings. The molecule has 0 amide bonds. The molecule has 1 saturated heterocycles. The first-order valence-electron chi connectivity index (χ1n) is 11.3. The van der Waals surface area contributed by atoms with Gasteiger partial charge in [0.05, 0.1) is 11.1 Å². The summed E-state index contributed by atoms with van der Waals surface area (Å²) in [6.45, 7) is 3.47. The van der Waals surface area contributed by atoms with Crippen molar-refractivity contribution in [2.45, 2.75) is 12.2 Å². The van der Waals surface area contributed by atoms with Gasteiger partial charge in [0, 0.05) is 50.5 Å². The maximum atomic E-state index is 13.0. The lowest BCUT2D eigenvalue weighted by Crippen LogP contribution is -2.49. The van der Waals surface area contributed by atoms with Crippen LogP contribution in [-0.4, -0.2) is 71.6 Å². The lowest BCUT2D eigenvalue weighted by molar-refractivity contribution is -0.137. The highest BCUT2D eigenvalue weighted by molar-refractivity contribution is 5.83. The van der Waals surface area contributed by atoms with Crippen LogP contribution in [0.25, 0.3) is 11.1 Å². The van der Waals surface area contributed by atoms with Crippen LogP contribution in [0, 0.1) is 0 Å². The number of aromatic nitrogens is 3. The van der Waals surface area contributed by atoms with Crippen molar-refractivity contribution >= 4 is 17.5 Å². The normalized spacial score (nSPS) is 16.0. The van der Waals surface area contributed by atoms with Crippen LogP contribution in [0.5, 0.6) is 0 Å². The van der Waals surface area contributed by atoms with Crippen LogP contribution in [0.4, 0.5) is 30.6 Å². The summed E-state index contributed by atoms with van der Waals surface area (Å²) in [5.74, 6) is 1.50. The quantitative estimate of drug-likeness (QED) is 0.548. The molecule has 11 heteroatoms. The number of pyridine rings is 1. The zero-order chi connectivity index (χ0) is 25.2. The Morgan fingerprint density at radius 3 is 2.20 bits per heavy atom. The Labute approximate surface area is 202 Å². The Morgan fingerprint density at radius 1 is 0.943 bits per heavy atom. The second kappa shape index (κ2) is 10.0. The van der Waals surface area contributed by atoms with Gasteiger partial charge in [-0.3, -0.25) is 4.90 Å². The highest BCUT2D eigenvalue weighted by Crippen LogP contribution is 2.35. The number of halogens is 3. The summed E-state index contributed by atoms with van der Waals surface area (Å²) in [5.41, 5.74) is 13.7. The number of alkyl halides is 3. The second-order valence-electron chi connectivity index (χ2n) is 8.85. The van der Waals surface area contributed by atoms with E-state index in [1.807, 2.05) is 25.1 Å². The van der Waals surface area contributed by atoms with Gasteiger partial charge in [-0.25, -0.2) is 15.0 Å². The van der Waals surface area contributed by atoms with Crippen molar-refractivity contribution in [1.29, 1.82) is 0 Å². The largest absolute Gasteiger partial charge is 0.416 e. The van der Waals surface area contributed by atoms with E-state index < -0.39 is 11.7 Å². The molecule has 186 valence electrons. The molecule has 0 saturated carbocycles. The van der Waals surface area contributed by atoms with Crippen molar-refractivity contribution in [3.63, 3.8) is 0 Å². The summed E-state index contributed by atoms with van der Waals surface area (Å²) in [6.07, 6.45) is -1.25. The maximum Gasteiger partial charge on any atom is 0.416 e. The molecule has 3 aromatic rings. The molecule has 0 aliphatic carbocycles. The summed E-state index contributed by atoms with van der Waals surface area (Å²) >= 11 is 0. The predicted molar refractivity (Wildman–Crippen MR) is 131 cm³/mol. The van der Waals surface area contributed by atoms with E-state index in [0.717, 1.165) is 29.1 Å². The summed E-state index contributed by atoms with van der Waals surface area (Å²) in [6, 6.07) is 9.00. The lowest BCUT2D eigenvalue weighted by atomic mass is 10.0. The van der Waals surface area contributed by atoms with Crippen LogP contribution in [-0.2, 0) is 6.18 Å². The number of likely N-dealkylation sites (N-methyl/N-ethyl adjacent to an activating group) is 1. The monoisotopic (exact) mass is 486 g/mol. The zero-order valence-corrected chi connectivity index (χ0v) is 19.7. The van der Waals surface area contributed by atoms with Gasteiger partial charge in [0.2, 0.25) is 0 Å². The van der Waals surface area contributed by atoms with Gasteiger partial charge < -0.3 is 21.3 Å². The molecular weight excluding hydrogens is 457 g/mol. The third-order valence-corrected chi connectivity index (χ3v) is 6.15. The number of rotatable bonds is 6. The smallest absolute Gasteiger partial charge is 0.384 e. The lowest BCUT2D eigenvalue weighted by Gasteiger charge is -2.41. The van der Waals surface area contributed by atoms with E-state index in [4.69, 9.17) is 11.5 Å². The minimum atomic E-state index is -4.35. The first-order valence-corrected chi connectivity index (χ1v) is 11.3. The molecule has 1 aromatic carbocycles. The summed E-state index contributed by atoms with van der Waals surface area (Å²) in [5, 5.41) is 0. The van der Waals surface area contributed by atoms with Crippen LogP contribution in [0.2, 0.25) is 0 Å². The molecule has 0 spiro atoms. The van der Waals surface area contributed by atoms with Gasteiger partial charge in [0.15, 0.2) is 0 Å². The van der Waals surface area contributed by atoms with E-state index in [9.17, 15) is 13.2 Å². The van der Waals surface area contributed by atoms with Crippen LogP contribution >= 0.6 is 0 Å². The minimum Gasteiger partial charge on any atom is -0.384 e.